The van der Waals surface area contributed by atoms with Crippen LogP contribution < -0.4 is 16.0 Å². The molecule has 16 heteroatoms. The molecule has 0 saturated carbocycles. The second kappa shape index (κ2) is 24.9. The molecule has 1 aliphatic rings. The smallest absolute Gasteiger partial charge is 0.317 e. The summed E-state index contributed by atoms with van der Waals surface area (Å²) in [5.74, 6) is -2.10. The number of aliphatic hydroxyl groups excluding tert-OH is 1. The molecule has 0 aliphatic carbocycles. The molecule has 1 heterocycles. The standard InChI is InChI=1S/C45H80N6O9S/c1-15-30(6)39(49(9)44(56)37(28(2)3)48-43(55)38(29(4)5)50(10)45(57)46-24-20-26-61(13,14)58)35(59-11)27-36(52)51-25-19-23-34(51)41(60-12)31(7)42(54)47-32(8)40(53)33-21-17-16-18-22-33/h16-18,21-22,28-32,34-35,37-41,53,61H,15,19-20,23-27H2,1-14H3,(H,46,57)(H,47,54)(H,48,55)/t30-,31+,32+,34-,35+,37?,38?,39-,40+,41+/m1/s1. The van der Waals surface area contributed by atoms with Gasteiger partial charge in [0.25, 0.3) is 0 Å². The minimum Gasteiger partial charge on any atom is -0.386 e. The van der Waals surface area contributed by atoms with Crippen LogP contribution in [0.2, 0.25) is 0 Å². The van der Waals surface area contributed by atoms with Gasteiger partial charge in [-0.1, -0.05) is 85.2 Å². The Balaban J connectivity index is 2.25. The second-order valence-electron chi connectivity index (χ2n) is 18.2. The Morgan fingerprint density at radius 3 is 2.05 bits per heavy atom. The predicted molar refractivity (Wildman–Crippen MR) is 243 cm³/mol. The maximum Gasteiger partial charge on any atom is 0.317 e. The van der Waals surface area contributed by atoms with Crippen LogP contribution in [0.4, 0.5) is 4.79 Å². The average molecular weight is 881 g/mol. The normalized spacial score (nSPS) is 19.2. The van der Waals surface area contributed by atoms with Crippen LogP contribution in [-0.2, 0) is 38.6 Å². The lowest BCUT2D eigenvalue weighted by molar-refractivity contribution is -0.148. The molecule has 350 valence electrons. The summed E-state index contributed by atoms with van der Waals surface area (Å²) in [4.78, 5) is 74.1. The maximum atomic E-state index is 14.5. The number of amides is 6. The first-order chi connectivity index (χ1) is 28.5. The summed E-state index contributed by atoms with van der Waals surface area (Å²) < 4.78 is 24.1. The topological polar surface area (TPSA) is 187 Å². The van der Waals surface area contributed by atoms with E-state index in [1.54, 1.807) is 62.4 Å². The highest BCUT2D eigenvalue weighted by molar-refractivity contribution is 8.01. The van der Waals surface area contributed by atoms with Crippen molar-refractivity contribution in [2.24, 2.45) is 23.7 Å². The molecule has 0 bridgehead atoms. The Morgan fingerprint density at radius 1 is 0.902 bits per heavy atom. The summed E-state index contributed by atoms with van der Waals surface area (Å²) in [5.41, 5.74) is 0.693. The van der Waals surface area contributed by atoms with Crippen LogP contribution in [0.5, 0.6) is 0 Å². The van der Waals surface area contributed by atoms with Crippen LogP contribution in [0.1, 0.15) is 99.2 Å². The fourth-order valence-electron chi connectivity index (χ4n) is 8.48. The van der Waals surface area contributed by atoms with E-state index in [1.165, 1.54) is 19.1 Å². The number of methoxy groups -OCH3 is 2. The van der Waals surface area contributed by atoms with E-state index in [2.05, 4.69) is 16.0 Å². The van der Waals surface area contributed by atoms with E-state index in [1.807, 2.05) is 59.7 Å². The zero-order valence-corrected chi connectivity index (χ0v) is 40.4. The van der Waals surface area contributed by atoms with E-state index in [0.29, 0.717) is 43.7 Å². The second-order valence-corrected chi connectivity index (χ2v) is 21.8. The number of thiol groups is 1. The maximum absolute atomic E-state index is 14.5. The fraction of sp³-hybridized carbons (Fsp3) is 0.756. The monoisotopic (exact) mass is 881 g/mol. The summed E-state index contributed by atoms with van der Waals surface area (Å²) >= 11 is 0. The van der Waals surface area contributed by atoms with Gasteiger partial charge in [-0.05, 0) is 62.0 Å². The van der Waals surface area contributed by atoms with E-state index in [9.17, 15) is 33.3 Å². The molecule has 4 N–H and O–H groups in total. The van der Waals surface area contributed by atoms with Crippen molar-refractivity contribution in [1.29, 1.82) is 0 Å². The molecule has 6 amide bonds. The van der Waals surface area contributed by atoms with Gasteiger partial charge in [0, 0.05) is 47.2 Å². The molecule has 0 radical (unpaired) electrons. The summed E-state index contributed by atoms with van der Waals surface area (Å²) in [6, 6.07) is 5.40. The number of likely N-dealkylation sites (N-methyl/N-ethyl adjacent to an activating group) is 2. The number of carbonyl (C=O) groups is 5. The third kappa shape index (κ3) is 15.3. The van der Waals surface area contributed by atoms with Crippen molar-refractivity contribution < 1.29 is 42.8 Å². The third-order valence-corrected chi connectivity index (χ3v) is 13.7. The van der Waals surface area contributed by atoms with Gasteiger partial charge in [-0.25, -0.2) is 4.79 Å². The molecule has 2 unspecified atom stereocenters. The van der Waals surface area contributed by atoms with Crippen molar-refractivity contribution in [3.05, 3.63) is 35.9 Å². The van der Waals surface area contributed by atoms with Crippen molar-refractivity contribution >= 4 is 39.6 Å². The van der Waals surface area contributed by atoms with Crippen molar-refractivity contribution in [2.75, 3.05) is 59.7 Å². The van der Waals surface area contributed by atoms with Crippen molar-refractivity contribution in [3.8, 4) is 0 Å². The molecule has 1 aromatic carbocycles. The van der Waals surface area contributed by atoms with Crippen LogP contribution in [0.15, 0.2) is 30.3 Å². The first kappa shape index (κ1) is 53.5. The number of ether oxygens (including phenoxy) is 2. The number of urea groups is 1. The van der Waals surface area contributed by atoms with Crippen LogP contribution >= 0.6 is 0 Å². The number of hydrogen-bond acceptors (Lipinski definition) is 9. The molecule has 15 nitrogen and oxygen atoms in total. The highest BCUT2D eigenvalue weighted by Crippen LogP contribution is 2.30. The van der Waals surface area contributed by atoms with E-state index in [4.69, 9.17) is 9.47 Å². The number of aliphatic hydroxyl groups is 1. The van der Waals surface area contributed by atoms with Gasteiger partial charge in [0.05, 0.1) is 48.8 Å². The molecule has 0 aromatic heterocycles. The SMILES string of the molecule is CC[C@@H](C)[C@H]([C@H](CC(=O)N1CCC[C@@H]1[C@@H](OC)[C@H](C)C(=O)N[C@@H](C)[C@H](O)c1ccccc1)OC)N(C)C(=O)C(NC(=O)C(C(C)C)N(C)C(=O)NCCC[SH](C)(C)=O)C(C)C. The number of nitrogens with one attached hydrogen (secondary N) is 3. The minimum atomic E-state index is -2.22. The van der Waals surface area contributed by atoms with Gasteiger partial charge < -0.3 is 45.2 Å². The van der Waals surface area contributed by atoms with Crippen molar-refractivity contribution in [3.63, 3.8) is 0 Å². The van der Waals surface area contributed by atoms with E-state index in [-0.39, 0.29) is 47.9 Å². The van der Waals surface area contributed by atoms with Gasteiger partial charge in [0.15, 0.2) is 0 Å². The summed E-state index contributed by atoms with van der Waals surface area (Å²) in [5, 5.41) is 19.6. The molecule has 61 heavy (non-hydrogen) atoms. The number of benzene rings is 1. The lowest BCUT2D eigenvalue weighted by Crippen LogP contribution is -2.61. The molecule has 2 rings (SSSR count). The molecular weight excluding hydrogens is 801 g/mol. The van der Waals surface area contributed by atoms with Crippen LogP contribution in [0.25, 0.3) is 0 Å². The minimum absolute atomic E-state index is 0.0287. The van der Waals surface area contributed by atoms with Gasteiger partial charge in [-0.3, -0.25) is 23.4 Å². The van der Waals surface area contributed by atoms with Crippen LogP contribution in [-0.4, -0.2) is 156 Å². The summed E-state index contributed by atoms with van der Waals surface area (Å²) in [7, 11) is 4.08. The quantitative estimate of drug-likeness (QED) is 0.0765. The Morgan fingerprint density at radius 2 is 1.52 bits per heavy atom. The van der Waals surface area contributed by atoms with Gasteiger partial charge in [0.1, 0.15) is 12.1 Å². The van der Waals surface area contributed by atoms with Gasteiger partial charge in [-0.2, -0.15) is 0 Å². The largest absolute Gasteiger partial charge is 0.386 e. The highest BCUT2D eigenvalue weighted by atomic mass is 32.2. The zero-order chi connectivity index (χ0) is 46.4. The molecule has 1 saturated heterocycles. The molecule has 1 aliphatic heterocycles. The van der Waals surface area contributed by atoms with Gasteiger partial charge in [-0.15, -0.1) is 9.93 Å². The first-order valence-corrected chi connectivity index (χ1v) is 24.8. The lowest BCUT2D eigenvalue weighted by atomic mass is 9.89. The highest BCUT2D eigenvalue weighted by Gasteiger charge is 2.43. The van der Waals surface area contributed by atoms with Crippen LogP contribution in [0.3, 0.4) is 0 Å². The van der Waals surface area contributed by atoms with Crippen molar-refractivity contribution in [1.82, 2.24) is 30.7 Å². The van der Waals surface area contributed by atoms with E-state index >= 15 is 0 Å². The number of rotatable bonds is 24. The number of hydrogen-bond donors (Lipinski definition) is 5. The summed E-state index contributed by atoms with van der Waals surface area (Å²) in [6.45, 7) is 15.7. The van der Waals surface area contributed by atoms with Crippen LogP contribution in [0, 0.1) is 23.7 Å². The zero-order valence-electron chi connectivity index (χ0n) is 39.5. The number of likely N-dealkylation sites (tertiary alicyclic amines) is 1. The van der Waals surface area contributed by atoms with Crippen molar-refractivity contribution in [2.45, 2.75) is 136 Å². The molecular formula is C45H80N6O9S. The predicted octanol–water partition coefficient (Wildman–Crippen LogP) is 3.62. The lowest BCUT2D eigenvalue weighted by Gasteiger charge is -2.41. The van der Waals surface area contributed by atoms with E-state index in [0.717, 1.165) is 6.42 Å². The average Bonchev–Trinajstić information content (AvgIpc) is 3.70. The number of nitrogens with zero attached hydrogens (tertiary/aromatic N) is 3. The fourth-order valence-corrected chi connectivity index (χ4v) is 9.40. The Labute approximate surface area is 367 Å². The third-order valence-electron chi connectivity index (χ3n) is 12.3. The first-order valence-electron chi connectivity index (χ1n) is 22.0. The Kier molecular flexibility index (Phi) is 21.8. The summed E-state index contributed by atoms with van der Waals surface area (Å²) in [6.07, 6.45) is 3.77. The van der Waals surface area contributed by atoms with Gasteiger partial charge in [0.2, 0.25) is 23.6 Å². The number of carbonyl (C=O) groups excluding carboxylic acids is 5. The Bertz CT molecular complexity index is 1610. The van der Waals surface area contributed by atoms with E-state index < -0.39 is 70.3 Å². The molecule has 1 aromatic rings. The molecule has 0 spiro atoms. The Hall–Kier alpha value is -3.60. The molecule has 1 fully saturated rings. The van der Waals surface area contributed by atoms with Gasteiger partial charge >= 0.3 is 6.03 Å². The molecule has 10 atom stereocenters.